The van der Waals surface area contributed by atoms with Gasteiger partial charge in [-0.25, -0.2) is 0 Å². The van der Waals surface area contributed by atoms with E-state index in [2.05, 4.69) is 0 Å². The van der Waals surface area contributed by atoms with Gasteiger partial charge >= 0.3 is 0 Å². The molecule has 0 spiro atoms. The fourth-order valence-electron chi connectivity index (χ4n) is 1.29. The highest BCUT2D eigenvalue weighted by molar-refractivity contribution is 7.10. The first kappa shape index (κ1) is 6.85. The first-order chi connectivity index (χ1) is 5.26. The number of carbonyl (C=O) groups excluding carboxylic acids is 1. The van der Waals surface area contributed by atoms with Crippen LogP contribution in [0.5, 0.6) is 0 Å². The number of carbonyl (C=O) groups is 1. The van der Waals surface area contributed by atoms with Crippen LogP contribution in [0.4, 0.5) is 0 Å². The van der Waals surface area contributed by atoms with Crippen molar-refractivity contribution in [1.29, 1.82) is 0 Å². The molecule has 1 fully saturated rings. The van der Waals surface area contributed by atoms with Crippen molar-refractivity contribution in [3.8, 4) is 0 Å². The van der Waals surface area contributed by atoms with E-state index < -0.39 is 0 Å². The van der Waals surface area contributed by atoms with E-state index in [0.29, 0.717) is 0 Å². The second-order valence-electron chi connectivity index (χ2n) is 2.92. The van der Waals surface area contributed by atoms with E-state index in [0.717, 1.165) is 17.7 Å². The molecule has 0 aliphatic heterocycles. The molecule has 1 aliphatic carbocycles. The Labute approximate surface area is 69.0 Å². The van der Waals surface area contributed by atoms with Crippen molar-refractivity contribution < 1.29 is 4.79 Å². The van der Waals surface area contributed by atoms with Crippen LogP contribution in [0.15, 0.2) is 17.5 Å². The van der Waals surface area contributed by atoms with Crippen LogP contribution in [0, 0.1) is 0 Å². The van der Waals surface area contributed by atoms with Gasteiger partial charge in [0.25, 0.3) is 0 Å². The predicted molar refractivity (Wildman–Crippen MR) is 44.4 cm³/mol. The maximum atomic E-state index is 11.0. The quantitative estimate of drug-likeness (QED) is 0.708. The second-order valence-corrected chi connectivity index (χ2v) is 3.87. The molecule has 3 heteroatoms. The van der Waals surface area contributed by atoms with E-state index in [1.165, 1.54) is 0 Å². The number of amides is 1. The average molecular weight is 167 g/mol. The minimum absolute atomic E-state index is 0.167. The summed E-state index contributed by atoms with van der Waals surface area (Å²) in [4.78, 5) is 12.1. The zero-order valence-electron chi connectivity index (χ0n) is 6.04. The van der Waals surface area contributed by atoms with Gasteiger partial charge in [0.05, 0.1) is 5.41 Å². The van der Waals surface area contributed by atoms with E-state index >= 15 is 0 Å². The van der Waals surface area contributed by atoms with Crippen LogP contribution in [0.2, 0.25) is 0 Å². The lowest BCUT2D eigenvalue weighted by Gasteiger charge is -2.05. The summed E-state index contributed by atoms with van der Waals surface area (Å²) in [6.45, 7) is 0. The highest BCUT2D eigenvalue weighted by atomic mass is 32.1. The van der Waals surface area contributed by atoms with Gasteiger partial charge in [-0.1, -0.05) is 6.07 Å². The molecule has 1 heterocycles. The minimum Gasteiger partial charge on any atom is -0.369 e. The van der Waals surface area contributed by atoms with Gasteiger partial charge in [0.1, 0.15) is 0 Å². The first-order valence-corrected chi connectivity index (χ1v) is 4.47. The zero-order chi connectivity index (χ0) is 7.90. The standard InChI is InChI=1S/C8H9NOS/c9-7(10)8(3-4-8)6-2-1-5-11-6/h1-2,5H,3-4H2,(H2,9,10). The molecule has 1 aromatic rings. The van der Waals surface area contributed by atoms with Gasteiger partial charge < -0.3 is 5.73 Å². The number of nitrogens with two attached hydrogens (primary N) is 1. The Hall–Kier alpha value is -0.830. The summed E-state index contributed by atoms with van der Waals surface area (Å²) in [6, 6.07) is 3.95. The molecule has 0 unspecified atom stereocenters. The lowest BCUT2D eigenvalue weighted by atomic mass is 10.1. The van der Waals surface area contributed by atoms with Crippen molar-refractivity contribution in [2.24, 2.45) is 5.73 Å². The molecule has 2 rings (SSSR count). The number of primary amides is 1. The molecule has 0 saturated heterocycles. The molecule has 0 bridgehead atoms. The fraction of sp³-hybridized carbons (Fsp3) is 0.375. The highest BCUT2D eigenvalue weighted by Gasteiger charge is 2.50. The molecular formula is C8H9NOS. The Morgan fingerprint density at radius 3 is 2.73 bits per heavy atom. The Kier molecular flexibility index (Phi) is 1.29. The summed E-state index contributed by atoms with van der Waals surface area (Å²) in [6.07, 6.45) is 1.87. The van der Waals surface area contributed by atoms with Crippen LogP contribution < -0.4 is 5.73 Å². The molecule has 58 valence electrons. The van der Waals surface area contributed by atoms with Crippen LogP contribution >= 0.6 is 11.3 Å². The molecule has 0 atom stereocenters. The van der Waals surface area contributed by atoms with Crippen molar-refractivity contribution >= 4 is 17.2 Å². The Balaban J connectivity index is 2.36. The Morgan fingerprint density at radius 1 is 1.64 bits per heavy atom. The van der Waals surface area contributed by atoms with Gasteiger partial charge in [0.2, 0.25) is 5.91 Å². The third kappa shape index (κ3) is 0.878. The zero-order valence-corrected chi connectivity index (χ0v) is 6.86. The van der Waals surface area contributed by atoms with Gasteiger partial charge in [-0.2, -0.15) is 0 Å². The van der Waals surface area contributed by atoms with E-state index in [9.17, 15) is 4.79 Å². The number of hydrogen-bond donors (Lipinski definition) is 1. The fourth-order valence-corrected chi connectivity index (χ4v) is 2.28. The van der Waals surface area contributed by atoms with Crippen molar-refractivity contribution in [3.05, 3.63) is 22.4 Å². The van der Waals surface area contributed by atoms with Crippen LogP contribution in [0.3, 0.4) is 0 Å². The molecule has 1 amide bonds. The molecule has 0 aromatic carbocycles. The molecule has 11 heavy (non-hydrogen) atoms. The van der Waals surface area contributed by atoms with E-state index in [-0.39, 0.29) is 11.3 Å². The minimum atomic E-state index is -0.270. The summed E-state index contributed by atoms with van der Waals surface area (Å²) >= 11 is 1.62. The Bertz CT molecular complexity index is 274. The van der Waals surface area contributed by atoms with Gasteiger partial charge in [-0.15, -0.1) is 11.3 Å². The Morgan fingerprint density at radius 2 is 2.36 bits per heavy atom. The topological polar surface area (TPSA) is 43.1 Å². The summed E-state index contributed by atoms with van der Waals surface area (Å²) < 4.78 is 0. The smallest absolute Gasteiger partial charge is 0.228 e. The van der Waals surface area contributed by atoms with Crippen molar-refractivity contribution in [2.75, 3.05) is 0 Å². The van der Waals surface area contributed by atoms with E-state index in [4.69, 9.17) is 5.73 Å². The van der Waals surface area contributed by atoms with Gasteiger partial charge in [-0.3, -0.25) is 4.79 Å². The number of hydrogen-bond acceptors (Lipinski definition) is 2. The average Bonchev–Trinajstić information content (AvgIpc) is 2.61. The van der Waals surface area contributed by atoms with Gasteiger partial charge in [0.15, 0.2) is 0 Å². The van der Waals surface area contributed by atoms with E-state index in [1.807, 2.05) is 17.5 Å². The van der Waals surface area contributed by atoms with Crippen LogP contribution in [0.1, 0.15) is 17.7 Å². The predicted octanol–water partition coefficient (Wildman–Crippen LogP) is 1.26. The summed E-state index contributed by atoms with van der Waals surface area (Å²) in [5.74, 6) is -0.167. The van der Waals surface area contributed by atoms with Crippen LogP contribution in [-0.4, -0.2) is 5.91 Å². The summed E-state index contributed by atoms with van der Waals surface area (Å²) in [7, 11) is 0. The molecule has 1 saturated carbocycles. The molecule has 2 nitrogen and oxygen atoms in total. The first-order valence-electron chi connectivity index (χ1n) is 3.60. The highest BCUT2D eigenvalue weighted by Crippen LogP contribution is 2.49. The lowest BCUT2D eigenvalue weighted by Crippen LogP contribution is -2.27. The van der Waals surface area contributed by atoms with Gasteiger partial charge in [0, 0.05) is 4.88 Å². The third-order valence-electron chi connectivity index (χ3n) is 2.21. The second kappa shape index (κ2) is 2.08. The largest absolute Gasteiger partial charge is 0.369 e. The SMILES string of the molecule is NC(=O)C1(c2cccs2)CC1. The van der Waals surface area contributed by atoms with E-state index in [1.54, 1.807) is 11.3 Å². The lowest BCUT2D eigenvalue weighted by molar-refractivity contribution is -0.120. The van der Waals surface area contributed by atoms with Gasteiger partial charge in [-0.05, 0) is 24.3 Å². The molecular weight excluding hydrogens is 158 g/mol. The van der Waals surface area contributed by atoms with Crippen LogP contribution in [-0.2, 0) is 10.2 Å². The summed E-state index contributed by atoms with van der Waals surface area (Å²) in [5.41, 5.74) is 5.02. The number of rotatable bonds is 2. The van der Waals surface area contributed by atoms with Crippen molar-refractivity contribution in [3.63, 3.8) is 0 Å². The number of thiophene rings is 1. The molecule has 0 radical (unpaired) electrons. The normalized spacial score (nSPS) is 19.6. The third-order valence-corrected chi connectivity index (χ3v) is 3.29. The molecule has 2 N–H and O–H groups in total. The van der Waals surface area contributed by atoms with Crippen LogP contribution in [0.25, 0.3) is 0 Å². The monoisotopic (exact) mass is 167 g/mol. The maximum absolute atomic E-state index is 11.0. The molecule has 1 aromatic heterocycles. The molecule has 1 aliphatic rings. The maximum Gasteiger partial charge on any atom is 0.228 e. The van der Waals surface area contributed by atoms with Crippen molar-refractivity contribution in [1.82, 2.24) is 0 Å². The summed E-state index contributed by atoms with van der Waals surface area (Å²) in [5, 5.41) is 1.98. The van der Waals surface area contributed by atoms with Crippen molar-refractivity contribution in [2.45, 2.75) is 18.3 Å².